The lowest BCUT2D eigenvalue weighted by Crippen LogP contribution is -2.43. The predicted octanol–water partition coefficient (Wildman–Crippen LogP) is 3.26. The first-order valence-corrected chi connectivity index (χ1v) is 12.5. The van der Waals surface area contributed by atoms with Crippen LogP contribution < -0.4 is 10.2 Å². The summed E-state index contributed by atoms with van der Waals surface area (Å²) in [4.78, 5) is 14.4. The molecule has 0 unspecified atom stereocenters. The molecule has 0 N–H and O–H groups in total. The van der Waals surface area contributed by atoms with Gasteiger partial charge in [0.25, 0.3) is 0 Å². The molecule has 0 saturated carbocycles. The van der Waals surface area contributed by atoms with Crippen molar-refractivity contribution >= 4 is 47.3 Å². The number of hydrogen-bond acceptors (Lipinski definition) is 5. The van der Waals surface area contributed by atoms with Gasteiger partial charge >= 0.3 is 0 Å². The van der Waals surface area contributed by atoms with Gasteiger partial charge in [0.15, 0.2) is 5.65 Å². The number of ether oxygens (including phenoxy) is 2. The molecule has 0 aliphatic rings. The van der Waals surface area contributed by atoms with Crippen molar-refractivity contribution in [3.05, 3.63) is 28.0 Å². The minimum atomic E-state index is -1.64. The fourth-order valence-corrected chi connectivity index (χ4v) is 4.24. The summed E-state index contributed by atoms with van der Waals surface area (Å²) in [6, 6.07) is 7.84. The molecule has 6 nitrogen and oxygen atoms in total. The van der Waals surface area contributed by atoms with E-state index in [-0.39, 0.29) is 0 Å². The SMILES string of the molecule is COCn1c(-c2cccc(OC)c2)nc2c(I)nc([Si](C)(C)C)nc21. The summed E-state index contributed by atoms with van der Waals surface area (Å²) >= 11 is 2.25. The van der Waals surface area contributed by atoms with Crippen molar-refractivity contribution in [2.45, 2.75) is 26.4 Å². The molecule has 0 radical (unpaired) electrons. The van der Waals surface area contributed by atoms with E-state index in [2.05, 4.69) is 42.2 Å². The summed E-state index contributed by atoms with van der Waals surface area (Å²) in [6.45, 7) is 7.10. The highest BCUT2D eigenvalue weighted by atomic mass is 127. The second-order valence-electron chi connectivity index (χ2n) is 6.77. The Bertz CT molecular complexity index is 921. The molecule has 0 fully saturated rings. The van der Waals surface area contributed by atoms with Crippen LogP contribution in [0.3, 0.4) is 0 Å². The molecule has 132 valence electrons. The van der Waals surface area contributed by atoms with Gasteiger partial charge in [-0.25, -0.2) is 15.0 Å². The number of aromatic nitrogens is 4. The molecule has 25 heavy (non-hydrogen) atoms. The molecule has 8 heteroatoms. The number of benzene rings is 1. The molecule has 2 aromatic heterocycles. The molecule has 0 atom stereocenters. The van der Waals surface area contributed by atoms with E-state index in [1.54, 1.807) is 14.2 Å². The highest BCUT2D eigenvalue weighted by molar-refractivity contribution is 14.1. The molecule has 3 aromatic rings. The van der Waals surface area contributed by atoms with Crippen LogP contribution in [-0.4, -0.2) is 41.8 Å². The van der Waals surface area contributed by atoms with Crippen molar-refractivity contribution in [3.63, 3.8) is 0 Å². The maximum Gasteiger partial charge on any atom is 0.166 e. The average Bonchev–Trinajstić information content (AvgIpc) is 2.94. The Balaban J connectivity index is 2.28. The van der Waals surface area contributed by atoms with Crippen LogP contribution in [0.1, 0.15) is 0 Å². The molecule has 0 amide bonds. The van der Waals surface area contributed by atoms with Gasteiger partial charge in [-0.05, 0) is 34.7 Å². The number of methoxy groups -OCH3 is 2. The van der Waals surface area contributed by atoms with Gasteiger partial charge in [-0.3, -0.25) is 4.57 Å². The molecule has 0 aliphatic carbocycles. The van der Waals surface area contributed by atoms with Crippen molar-refractivity contribution in [1.82, 2.24) is 19.5 Å². The number of nitrogens with zero attached hydrogens (tertiary/aromatic N) is 4. The minimum Gasteiger partial charge on any atom is -0.497 e. The molecule has 3 rings (SSSR count). The Morgan fingerprint density at radius 2 is 1.88 bits per heavy atom. The third-order valence-corrected chi connectivity index (χ3v) is 6.13. The summed E-state index contributed by atoms with van der Waals surface area (Å²) in [5.74, 6) is 1.59. The Morgan fingerprint density at radius 1 is 1.12 bits per heavy atom. The Kier molecular flexibility index (Phi) is 5.12. The quantitative estimate of drug-likeness (QED) is 0.327. The molecule has 0 bridgehead atoms. The summed E-state index contributed by atoms with van der Waals surface area (Å²) in [6.07, 6.45) is 0. The van der Waals surface area contributed by atoms with Crippen molar-refractivity contribution in [2.75, 3.05) is 14.2 Å². The van der Waals surface area contributed by atoms with Crippen LogP contribution in [0.2, 0.25) is 19.6 Å². The highest BCUT2D eigenvalue weighted by Crippen LogP contribution is 2.28. The Morgan fingerprint density at radius 3 is 2.52 bits per heavy atom. The van der Waals surface area contributed by atoms with Gasteiger partial charge in [0.2, 0.25) is 0 Å². The Hall–Kier alpha value is -1.52. The van der Waals surface area contributed by atoms with Crippen LogP contribution in [0.25, 0.3) is 22.6 Å². The van der Waals surface area contributed by atoms with E-state index in [0.717, 1.165) is 37.4 Å². The maximum absolute atomic E-state index is 5.42. The van der Waals surface area contributed by atoms with Gasteiger partial charge < -0.3 is 9.47 Å². The summed E-state index contributed by atoms with van der Waals surface area (Å²) in [5, 5.41) is 0. The lowest BCUT2D eigenvalue weighted by atomic mass is 10.2. The predicted molar refractivity (Wildman–Crippen MR) is 110 cm³/mol. The zero-order chi connectivity index (χ0) is 18.2. The first-order chi connectivity index (χ1) is 11.8. The largest absolute Gasteiger partial charge is 0.497 e. The first-order valence-electron chi connectivity index (χ1n) is 7.92. The van der Waals surface area contributed by atoms with Gasteiger partial charge in [0.05, 0.1) is 7.11 Å². The molecular formula is C17H21IN4O2Si. The van der Waals surface area contributed by atoms with E-state index in [1.165, 1.54) is 0 Å². The summed E-state index contributed by atoms with van der Waals surface area (Å²) < 4.78 is 13.6. The summed E-state index contributed by atoms with van der Waals surface area (Å²) in [7, 11) is 1.69. The van der Waals surface area contributed by atoms with Crippen LogP contribution in [-0.2, 0) is 11.5 Å². The fourth-order valence-electron chi connectivity index (χ4n) is 2.54. The third kappa shape index (κ3) is 3.56. The standard InChI is InChI=1S/C17H21IN4O2Si/c1-23-10-22-15(11-7-6-8-12(9-11)24-2)19-13-14(18)20-17(21-16(13)22)25(3,4)5/h6-9H,10H2,1-5H3. The van der Waals surface area contributed by atoms with E-state index in [4.69, 9.17) is 24.4 Å². The maximum atomic E-state index is 5.42. The Labute approximate surface area is 161 Å². The van der Waals surface area contributed by atoms with Crippen molar-refractivity contribution in [3.8, 4) is 17.1 Å². The smallest absolute Gasteiger partial charge is 0.166 e. The van der Waals surface area contributed by atoms with Crippen LogP contribution in [0, 0.1) is 3.70 Å². The van der Waals surface area contributed by atoms with Crippen LogP contribution in [0.15, 0.2) is 24.3 Å². The molecule has 2 heterocycles. The van der Waals surface area contributed by atoms with Gasteiger partial charge in [-0.15, -0.1) is 0 Å². The van der Waals surface area contributed by atoms with Crippen LogP contribution >= 0.6 is 22.6 Å². The van der Waals surface area contributed by atoms with Crippen LogP contribution in [0.4, 0.5) is 0 Å². The normalized spacial score (nSPS) is 11.9. The second kappa shape index (κ2) is 7.00. The number of halogens is 1. The van der Waals surface area contributed by atoms with Gasteiger partial charge in [0.1, 0.15) is 41.0 Å². The highest BCUT2D eigenvalue weighted by Gasteiger charge is 2.25. The molecule has 1 aromatic carbocycles. The topological polar surface area (TPSA) is 62.1 Å². The third-order valence-electron chi connectivity index (χ3n) is 3.81. The van der Waals surface area contributed by atoms with E-state index in [9.17, 15) is 0 Å². The molecule has 0 spiro atoms. The average molecular weight is 468 g/mol. The zero-order valence-corrected chi connectivity index (χ0v) is 18.2. The van der Waals surface area contributed by atoms with E-state index < -0.39 is 8.07 Å². The van der Waals surface area contributed by atoms with Crippen LogP contribution in [0.5, 0.6) is 5.75 Å². The number of imidazole rings is 1. The van der Waals surface area contributed by atoms with Crippen molar-refractivity contribution < 1.29 is 9.47 Å². The first kappa shape index (κ1) is 18.3. The van der Waals surface area contributed by atoms with E-state index >= 15 is 0 Å². The zero-order valence-electron chi connectivity index (χ0n) is 15.0. The fraction of sp³-hybridized carbons (Fsp3) is 0.353. The molecule has 0 aliphatic heterocycles. The van der Waals surface area contributed by atoms with Crippen molar-refractivity contribution in [2.24, 2.45) is 0 Å². The number of fused-ring (bicyclic) bond motifs is 1. The molecular weight excluding hydrogens is 447 g/mol. The molecule has 0 saturated heterocycles. The van der Waals surface area contributed by atoms with E-state index in [1.807, 2.05) is 28.8 Å². The number of hydrogen-bond donors (Lipinski definition) is 0. The monoisotopic (exact) mass is 468 g/mol. The lowest BCUT2D eigenvalue weighted by Gasteiger charge is -2.15. The summed E-state index contributed by atoms with van der Waals surface area (Å²) in [5.41, 5.74) is 3.51. The number of rotatable bonds is 5. The van der Waals surface area contributed by atoms with Gasteiger partial charge in [-0.2, -0.15) is 0 Å². The second-order valence-corrected chi connectivity index (χ2v) is 12.7. The van der Waals surface area contributed by atoms with Crippen molar-refractivity contribution in [1.29, 1.82) is 0 Å². The van der Waals surface area contributed by atoms with E-state index in [0.29, 0.717) is 6.73 Å². The lowest BCUT2D eigenvalue weighted by molar-refractivity contribution is 0.135. The van der Waals surface area contributed by atoms with Gasteiger partial charge in [-0.1, -0.05) is 31.8 Å². The van der Waals surface area contributed by atoms with Gasteiger partial charge in [0, 0.05) is 12.7 Å². The minimum absolute atomic E-state index is 0.376.